The molecule has 4 aromatic rings. The molecule has 5 rings (SSSR count). The molecule has 1 fully saturated rings. The molecule has 3 nitrogen and oxygen atoms in total. The zero-order chi connectivity index (χ0) is 19.5. The molecule has 0 atom stereocenters. The average Bonchev–Trinajstić information content (AvgIpc) is 3.31. The van der Waals surface area contributed by atoms with Crippen molar-refractivity contribution in [3.8, 4) is 33.9 Å². The maximum absolute atomic E-state index is 4.65. The molecule has 0 spiro atoms. The van der Waals surface area contributed by atoms with Crippen LogP contribution >= 0.6 is 0 Å². The molecule has 0 aliphatic heterocycles. The van der Waals surface area contributed by atoms with Crippen molar-refractivity contribution in [3.05, 3.63) is 84.4 Å². The molecule has 29 heavy (non-hydrogen) atoms. The summed E-state index contributed by atoms with van der Waals surface area (Å²) in [7, 11) is 0. The van der Waals surface area contributed by atoms with E-state index in [0.717, 1.165) is 28.7 Å². The van der Waals surface area contributed by atoms with Crippen LogP contribution in [0.2, 0.25) is 0 Å². The van der Waals surface area contributed by atoms with Crippen LogP contribution in [0.15, 0.2) is 78.9 Å². The average molecular weight is 380 g/mol. The van der Waals surface area contributed by atoms with Gasteiger partial charge >= 0.3 is 0 Å². The number of hydrogen-bond acceptors (Lipinski definition) is 2. The second kappa shape index (κ2) is 8.04. The van der Waals surface area contributed by atoms with Crippen molar-refractivity contribution < 1.29 is 0 Å². The fourth-order valence-corrected chi connectivity index (χ4v) is 4.31. The summed E-state index contributed by atoms with van der Waals surface area (Å²) in [6, 6.07) is 27.8. The molecule has 1 heterocycles. The number of aromatic nitrogens is 3. The second-order valence-corrected chi connectivity index (χ2v) is 7.91. The van der Waals surface area contributed by atoms with E-state index >= 15 is 0 Å². The molecule has 0 radical (unpaired) electrons. The van der Waals surface area contributed by atoms with Gasteiger partial charge in [0.1, 0.15) is 0 Å². The minimum absolute atomic E-state index is 0.725. The highest BCUT2D eigenvalue weighted by Crippen LogP contribution is 2.33. The fourth-order valence-electron chi connectivity index (χ4n) is 4.31. The van der Waals surface area contributed by atoms with Crippen LogP contribution in [0.3, 0.4) is 0 Å². The Bertz CT molecular complexity index is 1060. The zero-order valence-electron chi connectivity index (χ0n) is 16.5. The largest absolute Gasteiger partial charge is 0.259 e. The second-order valence-electron chi connectivity index (χ2n) is 7.91. The number of nitrogens with one attached hydrogen (secondary N) is 1. The Balaban J connectivity index is 1.33. The predicted octanol–water partition coefficient (Wildman–Crippen LogP) is 6.85. The number of benzene rings is 3. The highest BCUT2D eigenvalue weighted by molar-refractivity contribution is 5.68. The molecule has 144 valence electrons. The van der Waals surface area contributed by atoms with Crippen LogP contribution in [0.4, 0.5) is 0 Å². The Hall–Kier alpha value is -3.20. The van der Waals surface area contributed by atoms with Gasteiger partial charge in [-0.3, -0.25) is 5.10 Å². The van der Waals surface area contributed by atoms with Crippen molar-refractivity contribution in [1.29, 1.82) is 0 Å². The third kappa shape index (κ3) is 3.86. The topological polar surface area (TPSA) is 41.6 Å². The SMILES string of the molecule is c1ccc(-c2n[nH]c(-c3ccc(-c4ccc(C5CCCCC5)cc4)cc3)n2)cc1. The Kier molecular flexibility index (Phi) is 4.95. The van der Waals surface area contributed by atoms with E-state index in [4.69, 9.17) is 0 Å². The molecular weight excluding hydrogens is 354 g/mol. The highest BCUT2D eigenvalue weighted by atomic mass is 15.2. The minimum Gasteiger partial charge on any atom is -0.259 e. The Morgan fingerprint density at radius 2 is 1.24 bits per heavy atom. The van der Waals surface area contributed by atoms with Gasteiger partial charge in [-0.15, -0.1) is 0 Å². The molecule has 1 aromatic heterocycles. The molecule has 1 N–H and O–H groups in total. The Morgan fingerprint density at radius 3 is 1.93 bits per heavy atom. The van der Waals surface area contributed by atoms with E-state index in [0.29, 0.717) is 0 Å². The van der Waals surface area contributed by atoms with Gasteiger partial charge in [-0.2, -0.15) is 5.10 Å². The van der Waals surface area contributed by atoms with Gasteiger partial charge in [-0.1, -0.05) is 98.1 Å². The summed E-state index contributed by atoms with van der Waals surface area (Å²) in [6.45, 7) is 0. The molecule has 0 saturated heterocycles. The van der Waals surface area contributed by atoms with E-state index in [-0.39, 0.29) is 0 Å². The molecule has 1 saturated carbocycles. The van der Waals surface area contributed by atoms with E-state index < -0.39 is 0 Å². The number of aromatic amines is 1. The molecule has 1 aliphatic carbocycles. The normalized spacial score (nSPS) is 14.8. The number of hydrogen-bond donors (Lipinski definition) is 1. The maximum atomic E-state index is 4.65. The summed E-state index contributed by atoms with van der Waals surface area (Å²) >= 11 is 0. The molecule has 0 unspecified atom stereocenters. The molecule has 3 aromatic carbocycles. The summed E-state index contributed by atoms with van der Waals surface area (Å²) in [6.07, 6.45) is 6.84. The van der Waals surface area contributed by atoms with Crippen LogP contribution in [0.25, 0.3) is 33.9 Å². The van der Waals surface area contributed by atoms with Crippen molar-refractivity contribution in [2.24, 2.45) is 0 Å². The van der Waals surface area contributed by atoms with Crippen molar-refractivity contribution in [3.63, 3.8) is 0 Å². The predicted molar refractivity (Wildman–Crippen MR) is 119 cm³/mol. The number of H-pyrrole nitrogens is 1. The molecule has 1 aliphatic rings. The van der Waals surface area contributed by atoms with Crippen molar-refractivity contribution in [2.75, 3.05) is 0 Å². The minimum atomic E-state index is 0.725. The summed E-state index contributed by atoms with van der Waals surface area (Å²) in [5.41, 5.74) is 6.05. The lowest BCUT2D eigenvalue weighted by Gasteiger charge is -2.22. The Labute approximate surface area is 171 Å². The van der Waals surface area contributed by atoms with Crippen LogP contribution in [0.5, 0.6) is 0 Å². The van der Waals surface area contributed by atoms with Gasteiger partial charge in [0.25, 0.3) is 0 Å². The van der Waals surface area contributed by atoms with Gasteiger partial charge in [-0.05, 0) is 35.4 Å². The van der Waals surface area contributed by atoms with E-state index in [1.54, 1.807) is 0 Å². The van der Waals surface area contributed by atoms with Gasteiger partial charge in [0.05, 0.1) is 0 Å². The summed E-state index contributed by atoms with van der Waals surface area (Å²) in [4.78, 5) is 4.65. The molecule has 3 heteroatoms. The van der Waals surface area contributed by atoms with Gasteiger partial charge in [-0.25, -0.2) is 4.98 Å². The first-order chi connectivity index (χ1) is 14.4. The monoisotopic (exact) mass is 379 g/mol. The lowest BCUT2D eigenvalue weighted by atomic mass is 9.84. The highest BCUT2D eigenvalue weighted by Gasteiger charge is 2.15. The van der Waals surface area contributed by atoms with E-state index in [9.17, 15) is 0 Å². The summed E-state index contributed by atoms with van der Waals surface area (Å²) in [5, 5.41) is 7.42. The van der Waals surface area contributed by atoms with Crippen LogP contribution in [0, 0.1) is 0 Å². The number of rotatable bonds is 4. The molecule has 0 bridgehead atoms. The standard InChI is InChI=1S/C26H25N3/c1-3-7-19(8-4-1)20-11-13-21(14-12-20)22-15-17-24(18-16-22)26-27-25(28-29-26)23-9-5-2-6-10-23/h2,5-6,9-19H,1,3-4,7-8H2,(H,27,28,29). The van der Waals surface area contributed by atoms with Crippen LogP contribution in [0.1, 0.15) is 43.6 Å². The first kappa shape index (κ1) is 17.9. The number of nitrogens with zero attached hydrogens (tertiary/aromatic N) is 2. The molecular formula is C26H25N3. The zero-order valence-corrected chi connectivity index (χ0v) is 16.5. The third-order valence-electron chi connectivity index (χ3n) is 6.00. The van der Waals surface area contributed by atoms with Crippen LogP contribution in [-0.4, -0.2) is 15.2 Å². The van der Waals surface area contributed by atoms with Gasteiger partial charge in [0.15, 0.2) is 11.6 Å². The van der Waals surface area contributed by atoms with E-state index in [1.807, 2.05) is 30.3 Å². The van der Waals surface area contributed by atoms with E-state index in [2.05, 4.69) is 63.7 Å². The summed E-state index contributed by atoms with van der Waals surface area (Å²) < 4.78 is 0. The lowest BCUT2D eigenvalue weighted by Crippen LogP contribution is -2.04. The van der Waals surface area contributed by atoms with E-state index in [1.165, 1.54) is 48.8 Å². The maximum Gasteiger partial charge on any atom is 0.181 e. The van der Waals surface area contributed by atoms with Crippen LogP contribution in [-0.2, 0) is 0 Å². The quantitative estimate of drug-likeness (QED) is 0.421. The fraction of sp³-hybridized carbons (Fsp3) is 0.231. The Morgan fingerprint density at radius 1 is 0.621 bits per heavy atom. The third-order valence-corrected chi connectivity index (χ3v) is 6.00. The lowest BCUT2D eigenvalue weighted by molar-refractivity contribution is 0.443. The van der Waals surface area contributed by atoms with Crippen molar-refractivity contribution in [1.82, 2.24) is 15.2 Å². The first-order valence-corrected chi connectivity index (χ1v) is 10.6. The van der Waals surface area contributed by atoms with Gasteiger partial charge < -0.3 is 0 Å². The first-order valence-electron chi connectivity index (χ1n) is 10.6. The van der Waals surface area contributed by atoms with Crippen molar-refractivity contribution in [2.45, 2.75) is 38.0 Å². The van der Waals surface area contributed by atoms with Gasteiger partial charge in [0, 0.05) is 11.1 Å². The summed E-state index contributed by atoms with van der Waals surface area (Å²) in [5.74, 6) is 2.27. The van der Waals surface area contributed by atoms with Crippen molar-refractivity contribution >= 4 is 0 Å². The van der Waals surface area contributed by atoms with Crippen LogP contribution < -0.4 is 0 Å². The smallest absolute Gasteiger partial charge is 0.181 e. The molecule has 0 amide bonds. The van der Waals surface area contributed by atoms with Gasteiger partial charge in [0.2, 0.25) is 0 Å².